The van der Waals surface area contributed by atoms with E-state index in [1.165, 1.54) is 0 Å². The fraction of sp³-hybridized carbons (Fsp3) is 0.391. The van der Waals surface area contributed by atoms with Crippen molar-refractivity contribution in [3.8, 4) is 5.75 Å². The Morgan fingerprint density at radius 1 is 1.00 bits per heavy atom. The topological polar surface area (TPSA) is 73.7 Å². The smallest absolute Gasteiger partial charge is 0.339 e. The maximum absolute atomic E-state index is 12.1. The summed E-state index contributed by atoms with van der Waals surface area (Å²) < 4.78 is 0. The Labute approximate surface area is 167 Å². The minimum absolute atomic E-state index is 0.219. The average Bonchev–Trinajstić information content (AvgIpc) is 2.56. The fourth-order valence-electron chi connectivity index (χ4n) is 2.90. The van der Waals surface area contributed by atoms with Crippen molar-refractivity contribution in [2.45, 2.75) is 59.3 Å². The molecule has 0 atom stereocenters. The summed E-state index contributed by atoms with van der Waals surface area (Å²) in [5, 5.41) is 17.6. The van der Waals surface area contributed by atoms with E-state index in [4.69, 9.17) is 0 Å². The number of para-hydroxylation sites is 1. The molecule has 28 heavy (non-hydrogen) atoms. The first-order valence-corrected chi connectivity index (χ1v) is 9.43. The molecule has 0 aliphatic rings. The second kappa shape index (κ2) is 8.05. The average molecular weight is 382 g/mol. The van der Waals surface area contributed by atoms with Gasteiger partial charge in [-0.05, 0) is 47.1 Å². The largest absolute Gasteiger partial charge is 0.507 e. The summed E-state index contributed by atoms with van der Waals surface area (Å²) in [5.74, 6) is 0.322. The predicted molar refractivity (Wildman–Crippen MR) is 116 cm³/mol. The number of nitrogens with zero attached hydrogens (tertiary/aromatic N) is 1. The van der Waals surface area contributed by atoms with Gasteiger partial charge in [0.15, 0.2) is 0 Å². The monoisotopic (exact) mass is 381 g/mol. The van der Waals surface area contributed by atoms with Gasteiger partial charge < -0.3 is 10.4 Å². The molecule has 2 amide bonds. The minimum atomic E-state index is -0.406. The Morgan fingerprint density at radius 3 is 2.04 bits per heavy atom. The number of aryl methyl sites for hydroxylation is 1. The molecule has 0 radical (unpaired) electrons. The van der Waals surface area contributed by atoms with Crippen LogP contribution in [-0.2, 0) is 10.8 Å². The molecule has 2 aromatic rings. The van der Waals surface area contributed by atoms with Gasteiger partial charge in [-0.3, -0.25) is 0 Å². The van der Waals surface area contributed by atoms with Crippen molar-refractivity contribution in [2.24, 2.45) is 5.10 Å². The van der Waals surface area contributed by atoms with Crippen molar-refractivity contribution in [3.05, 3.63) is 58.7 Å². The van der Waals surface area contributed by atoms with Crippen LogP contribution < -0.4 is 10.7 Å². The van der Waals surface area contributed by atoms with Gasteiger partial charge >= 0.3 is 6.03 Å². The van der Waals surface area contributed by atoms with E-state index in [1.54, 1.807) is 6.21 Å². The lowest BCUT2D eigenvalue weighted by atomic mass is 9.78. The van der Waals surface area contributed by atoms with E-state index in [0.717, 1.165) is 27.9 Å². The van der Waals surface area contributed by atoms with Crippen molar-refractivity contribution in [3.63, 3.8) is 0 Å². The highest BCUT2D eigenvalue weighted by atomic mass is 16.3. The molecule has 0 aromatic heterocycles. The normalized spacial score (nSPS) is 12.2. The summed E-state index contributed by atoms with van der Waals surface area (Å²) >= 11 is 0. The van der Waals surface area contributed by atoms with Crippen molar-refractivity contribution >= 4 is 17.9 Å². The first kappa shape index (κ1) is 21.5. The number of urea groups is 1. The molecule has 0 aliphatic heterocycles. The Bertz CT molecular complexity index is 852. The number of phenolic OH excluding ortho intramolecular Hbond substituents is 1. The van der Waals surface area contributed by atoms with Gasteiger partial charge in [0.25, 0.3) is 0 Å². The predicted octanol–water partition coefficient (Wildman–Crippen LogP) is 5.45. The number of hydrogen-bond acceptors (Lipinski definition) is 3. The van der Waals surface area contributed by atoms with E-state index in [0.29, 0.717) is 5.75 Å². The second-order valence-corrected chi connectivity index (χ2v) is 9.10. The van der Waals surface area contributed by atoms with Crippen molar-refractivity contribution in [1.29, 1.82) is 0 Å². The van der Waals surface area contributed by atoms with Crippen LogP contribution >= 0.6 is 0 Å². The molecule has 2 rings (SSSR count). The lowest BCUT2D eigenvalue weighted by Crippen LogP contribution is -2.24. The highest BCUT2D eigenvalue weighted by molar-refractivity contribution is 5.91. The van der Waals surface area contributed by atoms with Gasteiger partial charge in [0.2, 0.25) is 0 Å². The van der Waals surface area contributed by atoms with Crippen LogP contribution in [0.25, 0.3) is 0 Å². The van der Waals surface area contributed by atoms with E-state index >= 15 is 0 Å². The van der Waals surface area contributed by atoms with Crippen LogP contribution in [0, 0.1) is 6.92 Å². The SMILES string of the molecule is Cc1ccccc1NC(=O)N/N=C/c1cc(C(C)(C)C)c(O)c(C(C)(C)C)c1. The summed E-state index contributed by atoms with van der Waals surface area (Å²) in [5.41, 5.74) is 6.30. The molecule has 150 valence electrons. The first-order chi connectivity index (χ1) is 12.9. The van der Waals surface area contributed by atoms with Gasteiger partial charge in [-0.1, -0.05) is 59.7 Å². The molecule has 0 unspecified atom stereocenters. The Balaban J connectivity index is 2.23. The number of phenols is 1. The van der Waals surface area contributed by atoms with Gasteiger partial charge in [-0.25, -0.2) is 10.2 Å². The van der Waals surface area contributed by atoms with Crippen molar-refractivity contribution < 1.29 is 9.90 Å². The number of anilines is 1. The standard InChI is InChI=1S/C23H31N3O2/c1-15-10-8-9-11-19(15)25-21(28)26-24-14-16-12-17(22(2,3)4)20(27)18(13-16)23(5,6)7/h8-14,27H,1-7H3,(H2,25,26,28)/b24-14+. The first-order valence-electron chi connectivity index (χ1n) is 9.43. The van der Waals surface area contributed by atoms with Crippen LogP contribution in [0.15, 0.2) is 41.5 Å². The summed E-state index contributed by atoms with van der Waals surface area (Å²) in [6, 6.07) is 11.0. The molecule has 0 aliphatic carbocycles. The quantitative estimate of drug-likeness (QED) is 0.488. The number of hydrazone groups is 1. The molecular weight excluding hydrogens is 350 g/mol. The van der Waals surface area contributed by atoms with E-state index in [9.17, 15) is 9.90 Å². The van der Waals surface area contributed by atoms with Crippen molar-refractivity contribution in [1.82, 2.24) is 5.43 Å². The van der Waals surface area contributed by atoms with E-state index in [-0.39, 0.29) is 10.8 Å². The zero-order valence-electron chi connectivity index (χ0n) is 17.8. The van der Waals surface area contributed by atoms with E-state index in [2.05, 4.69) is 57.4 Å². The van der Waals surface area contributed by atoms with E-state index < -0.39 is 6.03 Å². The van der Waals surface area contributed by atoms with Gasteiger partial charge in [-0.2, -0.15) is 5.10 Å². The molecule has 0 fully saturated rings. The zero-order chi connectivity index (χ0) is 21.1. The number of benzene rings is 2. The molecular formula is C23H31N3O2. The fourth-order valence-corrected chi connectivity index (χ4v) is 2.90. The molecule has 0 heterocycles. The maximum Gasteiger partial charge on any atom is 0.339 e. The van der Waals surface area contributed by atoms with Crippen LogP contribution in [0.4, 0.5) is 10.5 Å². The number of carbonyl (C=O) groups is 1. The van der Waals surface area contributed by atoms with Gasteiger partial charge in [0, 0.05) is 16.8 Å². The third kappa shape index (κ3) is 5.35. The molecule has 2 aromatic carbocycles. The van der Waals surface area contributed by atoms with Crippen LogP contribution in [0.5, 0.6) is 5.75 Å². The molecule has 0 spiro atoms. The number of hydrogen-bond donors (Lipinski definition) is 3. The van der Waals surface area contributed by atoms with Crippen LogP contribution in [-0.4, -0.2) is 17.4 Å². The Morgan fingerprint density at radius 2 is 1.54 bits per heavy atom. The molecule has 5 nitrogen and oxygen atoms in total. The number of amides is 2. The van der Waals surface area contributed by atoms with Crippen LogP contribution in [0.1, 0.15) is 63.8 Å². The molecule has 0 saturated heterocycles. The van der Waals surface area contributed by atoms with Gasteiger partial charge in [0.1, 0.15) is 5.75 Å². The molecule has 0 bridgehead atoms. The molecule has 5 heteroatoms. The number of carbonyl (C=O) groups excluding carboxylic acids is 1. The highest BCUT2D eigenvalue weighted by Crippen LogP contribution is 2.39. The third-order valence-corrected chi connectivity index (χ3v) is 4.52. The zero-order valence-corrected chi connectivity index (χ0v) is 17.8. The molecule has 0 saturated carbocycles. The summed E-state index contributed by atoms with van der Waals surface area (Å²) in [4.78, 5) is 12.1. The molecule has 3 N–H and O–H groups in total. The lowest BCUT2D eigenvalue weighted by molar-refractivity contribution is 0.252. The van der Waals surface area contributed by atoms with Gasteiger partial charge in [0.05, 0.1) is 6.21 Å². The second-order valence-electron chi connectivity index (χ2n) is 9.10. The lowest BCUT2D eigenvalue weighted by Gasteiger charge is -2.27. The van der Waals surface area contributed by atoms with Crippen LogP contribution in [0.3, 0.4) is 0 Å². The minimum Gasteiger partial charge on any atom is -0.507 e. The van der Waals surface area contributed by atoms with Crippen LogP contribution in [0.2, 0.25) is 0 Å². The Kier molecular flexibility index (Phi) is 6.17. The number of rotatable bonds is 3. The van der Waals surface area contributed by atoms with Crippen molar-refractivity contribution in [2.75, 3.05) is 5.32 Å². The number of nitrogens with one attached hydrogen (secondary N) is 2. The summed E-state index contributed by atoms with van der Waals surface area (Å²) in [6.07, 6.45) is 1.60. The van der Waals surface area contributed by atoms with E-state index in [1.807, 2.05) is 43.3 Å². The summed E-state index contributed by atoms with van der Waals surface area (Å²) in [7, 11) is 0. The van der Waals surface area contributed by atoms with Gasteiger partial charge in [-0.15, -0.1) is 0 Å². The third-order valence-electron chi connectivity index (χ3n) is 4.52. The number of aromatic hydroxyl groups is 1. The Hall–Kier alpha value is -2.82. The summed E-state index contributed by atoms with van der Waals surface area (Å²) in [6.45, 7) is 14.3. The highest BCUT2D eigenvalue weighted by Gasteiger charge is 2.26. The maximum atomic E-state index is 12.1.